The molecule has 2 N–H and O–H groups in total. The Bertz CT molecular complexity index is 1210. The van der Waals surface area contributed by atoms with E-state index in [1.54, 1.807) is 16.8 Å². The molecule has 2 aromatic heterocycles. The lowest BCUT2D eigenvalue weighted by Gasteiger charge is -2.39. The summed E-state index contributed by atoms with van der Waals surface area (Å²) in [6.45, 7) is 13.3. The highest BCUT2D eigenvalue weighted by Crippen LogP contribution is 2.43. The quantitative estimate of drug-likeness (QED) is 0.0767. The second-order valence-electron chi connectivity index (χ2n) is 12.4. The highest BCUT2D eigenvalue weighted by Gasteiger charge is 2.53. The topological polar surface area (TPSA) is 111 Å². The van der Waals surface area contributed by atoms with Crippen LogP contribution in [0.5, 0.6) is 0 Å². The molecule has 0 spiro atoms. The Balaban J connectivity index is 1.71. The van der Waals surface area contributed by atoms with E-state index in [9.17, 15) is 4.79 Å². The number of ether oxygens (including phenoxy) is 3. The van der Waals surface area contributed by atoms with Crippen molar-refractivity contribution < 1.29 is 23.4 Å². The zero-order valence-electron chi connectivity index (χ0n) is 25.5. The average molecular weight is 607 g/mol. The number of hydrogen-bond acceptors (Lipinski definition) is 8. The summed E-state index contributed by atoms with van der Waals surface area (Å²) in [5.41, 5.74) is 5.24. The lowest BCUT2D eigenvalue weighted by molar-refractivity contribution is -0.0949. The number of nitrogens with zero attached hydrogens (tertiary/aromatic N) is 3. The average Bonchev–Trinajstić information content (AvgIpc) is 3.48. The fourth-order valence-corrected chi connectivity index (χ4v) is 5.84. The molecule has 9 nitrogen and oxygen atoms in total. The number of nitrogens with two attached hydrogens (primary N) is 1. The summed E-state index contributed by atoms with van der Waals surface area (Å²) >= 11 is 6.10. The molecule has 1 fully saturated rings. The normalized spacial score (nSPS) is 21.2. The molecule has 3 rings (SSSR count). The third-order valence-electron chi connectivity index (χ3n) is 8.32. The van der Waals surface area contributed by atoms with Gasteiger partial charge in [0.15, 0.2) is 20.0 Å². The summed E-state index contributed by atoms with van der Waals surface area (Å²) in [7, 11) is -2.21. The Kier molecular flexibility index (Phi) is 11.5. The summed E-state index contributed by atoms with van der Waals surface area (Å²) in [5.74, 6) is 3.03. The van der Waals surface area contributed by atoms with Crippen LogP contribution < -0.4 is 5.73 Å². The number of rotatable bonds is 14. The van der Waals surface area contributed by atoms with Gasteiger partial charge in [-0.3, -0.25) is 0 Å². The molecule has 1 aliphatic heterocycles. The first-order chi connectivity index (χ1) is 19.3. The van der Waals surface area contributed by atoms with Gasteiger partial charge in [-0.15, -0.1) is 6.42 Å². The number of unbranched alkanes of at least 4 members (excludes halogenated alkanes) is 7. The van der Waals surface area contributed by atoms with E-state index >= 15 is 0 Å². The van der Waals surface area contributed by atoms with Gasteiger partial charge in [0, 0.05) is 12.6 Å². The molecule has 0 unspecified atom stereocenters. The first-order valence-corrected chi connectivity index (χ1v) is 18.0. The lowest BCUT2D eigenvalue weighted by Crippen LogP contribution is -2.50. The highest BCUT2D eigenvalue weighted by atomic mass is 35.5. The van der Waals surface area contributed by atoms with Crippen LogP contribution in [0.2, 0.25) is 23.4 Å². The van der Waals surface area contributed by atoms with Crippen LogP contribution in [0.3, 0.4) is 0 Å². The number of hydrogen-bond donors (Lipinski definition) is 1. The van der Waals surface area contributed by atoms with Crippen molar-refractivity contribution >= 4 is 42.9 Å². The van der Waals surface area contributed by atoms with E-state index in [-0.39, 0.29) is 29.2 Å². The van der Waals surface area contributed by atoms with Crippen LogP contribution in [-0.4, -0.2) is 53.9 Å². The number of terminal acetylenes is 1. The number of carbonyl (C=O) groups excluding carboxylic acids is 1. The highest BCUT2D eigenvalue weighted by molar-refractivity contribution is 6.74. The Morgan fingerprint density at radius 3 is 2.51 bits per heavy atom. The minimum atomic E-state index is -2.21. The number of anilines is 1. The molecule has 3 atom stereocenters. The molecule has 0 aliphatic carbocycles. The molecule has 3 heterocycles. The van der Waals surface area contributed by atoms with E-state index in [0.717, 1.165) is 19.3 Å². The Hall–Kier alpha value is -2.32. The number of fused-ring (bicyclic) bond motifs is 1. The van der Waals surface area contributed by atoms with Gasteiger partial charge in [0.25, 0.3) is 0 Å². The van der Waals surface area contributed by atoms with E-state index in [1.165, 1.54) is 32.1 Å². The van der Waals surface area contributed by atoms with Crippen molar-refractivity contribution in [3.8, 4) is 12.3 Å². The Labute approximate surface area is 250 Å². The van der Waals surface area contributed by atoms with E-state index in [1.807, 2.05) is 0 Å². The van der Waals surface area contributed by atoms with Crippen LogP contribution in [0.1, 0.15) is 91.7 Å². The van der Waals surface area contributed by atoms with Crippen LogP contribution >= 0.6 is 11.6 Å². The van der Waals surface area contributed by atoms with Gasteiger partial charge < -0.3 is 28.9 Å². The van der Waals surface area contributed by atoms with Crippen molar-refractivity contribution in [3.63, 3.8) is 0 Å². The van der Waals surface area contributed by atoms with Gasteiger partial charge in [-0.05, 0) is 42.2 Å². The van der Waals surface area contributed by atoms with Crippen LogP contribution in [0.25, 0.3) is 11.0 Å². The maximum atomic E-state index is 12.8. The maximum absolute atomic E-state index is 12.8. The number of halogens is 1. The molecule has 0 saturated carbocycles. The van der Waals surface area contributed by atoms with Gasteiger partial charge in [-0.2, -0.15) is 4.98 Å². The smallest absolute Gasteiger partial charge is 0.434 e. The molecular formula is C30H47ClN4O5Si. The predicted octanol–water partition coefficient (Wildman–Crippen LogP) is 7.64. The van der Waals surface area contributed by atoms with Crippen LogP contribution in [0, 0.1) is 12.3 Å². The standard InChI is InChI=1S/C30H47ClN4O5Si/c1-8-10-11-12-13-14-15-16-19-37-28(36)39-23-20-24(35-18-17-22-25(32)33-27(31)34-26(22)35)40-30(23,9-2)21-38-41(6,7)29(3,4)5/h2,17-18,23-24H,8,10-16,19-21H2,1,3-7H3,(H2,32,33,34)/t23-,24+,30+/m0/s1. The van der Waals surface area contributed by atoms with E-state index in [4.69, 9.17) is 42.4 Å². The van der Waals surface area contributed by atoms with Gasteiger partial charge in [-0.25, -0.2) is 9.78 Å². The zero-order valence-corrected chi connectivity index (χ0v) is 27.3. The molecule has 228 valence electrons. The van der Waals surface area contributed by atoms with Crippen molar-refractivity contribution in [1.82, 2.24) is 14.5 Å². The first kappa shape index (κ1) is 33.2. The number of carbonyl (C=O) groups is 1. The van der Waals surface area contributed by atoms with Gasteiger partial charge in [0.2, 0.25) is 5.28 Å². The Morgan fingerprint density at radius 1 is 1.22 bits per heavy atom. The zero-order chi connectivity index (χ0) is 30.3. The molecule has 1 saturated heterocycles. The SMILES string of the molecule is C#C[C@]1(CO[Si](C)(C)C(C)(C)C)O[C@@H](n2ccc3c(N)nc(Cl)nc32)C[C@@H]1OC(=O)OCCCCCCCCCC. The molecule has 11 heteroatoms. The summed E-state index contributed by atoms with van der Waals surface area (Å²) in [6, 6.07) is 1.79. The van der Waals surface area contributed by atoms with E-state index in [0.29, 0.717) is 17.6 Å². The first-order valence-electron chi connectivity index (χ1n) is 14.8. The molecular weight excluding hydrogens is 560 g/mol. The lowest BCUT2D eigenvalue weighted by atomic mass is 9.99. The van der Waals surface area contributed by atoms with Crippen molar-refractivity contribution in [1.29, 1.82) is 0 Å². The van der Waals surface area contributed by atoms with Crippen LogP contribution in [0.4, 0.5) is 10.6 Å². The molecule has 1 aliphatic rings. The number of nitrogen functional groups attached to an aromatic ring is 1. The fraction of sp³-hybridized carbons (Fsp3) is 0.700. The van der Waals surface area contributed by atoms with E-state index in [2.05, 4.69) is 56.7 Å². The minimum absolute atomic E-state index is 0.0229. The summed E-state index contributed by atoms with van der Waals surface area (Å²) in [5, 5.41) is 0.610. The molecule has 0 amide bonds. The second kappa shape index (κ2) is 14.2. The van der Waals surface area contributed by atoms with Crippen molar-refractivity contribution in [2.45, 2.75) is 122 Å². The molecule has 2 aromatic rings. The van der Waals surface area contributed by atoms with Gasteiger partial charge in [0.05, 0.1) is 18.6 Å². The Morgan fingerprint density at radius 2 is 1.88 bits per heavy atom. The van der Waals surface area contributed by atoms with Gasteiger partial charge in [0.1, 0.15) is 17.7 Å². The minimum Gasteiger partial charge on any atom is -0.434 e. The van der Waals surface area contributed by atoms with Crippen LogP contribution in [0.15, 0.2) is 12.3 Å². The van der Waals surface area contributed by atoms with Crippen molar-refractivity contribution in [3.05, 3.63) is 17.5 Å². The summed E-state index contributed by atoms with van der Waals surface area (Å²) in [6.07, 6.45) is 15.2. The van der Waals surface area contributed by atoms with Gasteiger partial charge in [-0.1, -0.05) is 78.6 Å². The second-order valence-corrected chi connectivity index (χ2v) is 17.6. The van der Waals surface area contributed by atoms with E-state index < -0.39 is 32.4 Å². The summed E-state index contributed by atoms with van der Waals surface area (Å²) in [4.78, 5) is 21.2. The molecule has 0 radical (unpaired) electrons. The predicted molar refractivity (Wildman–Crippen MR) is 165 cm³/mol. The molecule has 0 aromatic carbocycles. The van der Waals surface area contributed by atoms with Gasteiger partial charge >= 0.3 is 6.16 Å². The fourth-order valence-electron chi connectivity index (χ4n) is 4.66. The monoisotopic (exact) mass is 606 g/mol. The summed E-state index contributed by atoms with van der Waals surface area (Å²) < 4.78 is 26.1. The molecule has 0 bridgehead atoms. The van der Waals surface area contributed by atoms with Crippen molar-refractivity contribution in [2.75, 3.05) is 18.9 Å². The molecule has 41 heavy (non-hydrogen) atoms. The van der Waals surface area contributed by atoms with Crippen LogP contribution in [-0.2, 0) is 18.6 Å². The third kappa shape index (κ3) is 8.37. The number of aromatic nitrogens is 3. The maximum Gasteiger partial charge on any atom is 0.508 e. The largest absolute Gasteiger partial charge is 0.508 e. The third-order valence-corrected chi connectivity index (χ3v) is 13.0. The van der Waals surface area contributed by atoms with Crippen molar-refractivity contribution in [2.24, 2.45) is 0 Å².